The van der Waals surface area contributed by atoms with Gasteiger partial charge in [0, 0.05) is 16.4 Å². The lowest BCUT2D eigenvalue weighted by Gasteiger charge is -2.43. The molecule has 2 aromatic carbocycles. The van der Waals surface area contributed by atoms with Gasteiger partial charge in [-0.1, -0.05) is 34.8 Å². The standard InChI is InChI=1S/C19H17Cl3N2O7/c20-8-1-4-10(5-2-8)24(19(30)23-9-3-6-11(21)12(22)7-9)17-15(27)13(25)14(26)16(31-17)18(28)29/h1-7,13-17,25-27H,(H,23,30)(H,28,29)/t13-,14-,15+,16-,17+/m0/s1. The van der Waals surface area contributed by atoms with Crippen molar-refractivity contribution >= 4 is 58.2 Å². The van der Waals surface area contributed by atoms with E-state index in [4.69, 9.17) is 39.5 Å². The largest absolute Gasteiger partial charge is 0.479 e. The van der Waals surface area contributed by atoms with E-state index in [1.54, 1.807) is 0 Å². The lowest BCUT2D eigenvalue weighted by Crippen LogP contribution is -2.65. The van der Waals surface area contributed by atoms with E-state index < -0.39 is 42.6 Å². The van der Waals surface area contributed by atoms with E-state index in [1.165, 1.54) is 42.5 Å². The first kappa shape index (κ1) is 23.6. The minimum atomic E-state index is -1.91. The van der Waals surface area contributed by atoms with Crippen LogP contribution < -0.4 is 10.2 Å². The Morgan fingerprint density at radius 2 is 1.55 bits per heavy atom. The van der Waals surface area contributed by atoms with Gasteiger partial charge in [0.2, 0.25) is 0 Å². The van der Waals surface area contributed by atoms with Crippen molar-refractivity contribution in [2.75, 3.05) is 10.2 Å². The van der Waals surface area contributed by atoms with Gasteiger partial charge in [-0.05, 0) is 42.5 Å². The monoisotopic (exact) mass is 490 g/mol. The first-order valence-electron chi connectivity index (χ1n) is 8.83. The summed E-state index contributed by atoms with van der Waals surface area (Å²) in [5, 5.41) is 43.2. The summed E-state index contributed by atoms with van der Waals surface area (Å²) in [5.41, 5.74) is 0.415. The quantitative estimate of drug-likeness (QED) is 0.443. The van der Waals surface area contributed by atoms with Crippen LogP contribution in [0.2, 0.25) is 15.1 Å². The van der Waals surface area contributed by atoms with E-state index in [-0.39, 0.29) is 21.4 Å². The van der Waals surface area contributed by atoms with E-state index in [1.807, 2.05) is 0 Å². The van der Waals surface area contributed by atoms with E-state index >= 15 is 0 Å². The van der Waals surface area contributed by atoms with Gasteiger partial charge in [0.15, 0.2) is 12.3 Å². The third-order valence-electron chi connectivity index (χ3n) is 4.58. The summed E-state index contributed by atoms with van der Waals surface area (Å²) >= 11 is 17.8. The van der Waals surface area contributed by atoms with Crippen LogP contribution in [0.4, 0.5) is 16.2 Å². The minimum absolute atomic E-state index is 0.165. The summed E-state index contributed by atoms with van der Waals surface area (Å²) < 4.78 is 5.32. The van der Waals surface area contributed by atoms with Crippen molar-refractivity contribution in [2.45, 2.75) is 30.6 Å². The number of hydrogen-bond donors (Lipinski definition) is 5. The number of aliphatic hydroxyl groups excluding tert-OH is 3. The predicted octanol–water partition coefficient (Wildman–Crippen LogP) is 2.58. The summed E-state index contributed by atoms with van der Waals surface area (Å²) in [5.74, 6) is -1.58. The van der Waals surface area contributed by atoms with Crippen LogP contribution in [0.15, 0.2) is 42.5 Å². The number of benzene rings is 2. The van der Waals surface area contributed by atoms with Gasteiger partial charge in [-0.25, -0.2) is 9.59 Å². The second-order valence-electron chi connectivity index (χ2n) is 6.66. The highest BCUT2D eigenvalue weighted by Gasteiger charge is 2.50. The maximum atomic E-state index is 13.1. The molecule has 166 valence electrons. The van der Waals surface area contributed by atoms with Gasteiger partial charge in [-0.15, -0.1) is 0 Å². The fourth-order valence-electron chi connectivity index (χ4n) is 3.02. The molecule has 3 rings (SSSR count). The van der Waals surface area contributed by atoms with Gasteiger partial charge in [0.25, 0.3) is 0 Å². The molecule has 0 aromatic heterocycles. The molecule has 12 heteroatoms. The average Bonchev–Trinajstić information content (AvgIpc) is 2.72. The highest BCUT2D eigenvalue weighted by molar-refractivity contribution is 6.42. The summed E-state index contributed by atoms with van der Waals surface area (Å²) in [6.07, 6.45) is -9.19. The molecule has 1 aliphatic rings. The van der Waals surface area contributed by atoms with Gasteiger partial charge in [-0.2, -0.15) is 0 Å². The molecule has 0 spiro atoms. The number of hydrogen-bond acceptors (Lipinski definition) is 6. The molecule has 0 unspecified atom stereocenters. The molecule has 5 atom stereocenters. The number of anilines is 2. The van der Waals surface area contributed by atoms with Gasteiger partial charge in [-0.3, -0.25) is 4.90 Å². The van der Waals surface area contributed by atoms with Gasteiger partial charge in [0.1, 0.15) is 18.3 Å². The highest BCUT2D eigenvalue weighted by atomic mass is 35.5. The Hall–Kier alpha value is -2.11. The number of carboxylic acid groups (broad SMARTS) is 1. The Kier molecular flexibility index (Phi) is 7.28. The van der Waals surface area contributed by atoms with Gasteiger partial charge in [0.05, 0.1) is 10.0 Å². The van der Waals surface area contributed by atoms with Crippen LogP contribution in [0.5, 0.6) is 0 Å². The zero-order chi connectivity index (χ0) is 22.9. The third-order valence-corrected chi connectivity index (χ3v) is 5.57. The van der Waals surface area contributed by atoms with E-state index in [2.05, 4.69) is 5.32 Å². The Labute approximate surface area is 191 Å². The number of nitrogens with one attached hydrogen (secondary N) is 1. The number of rotatable bonds is 4. The first-order valence-corrected chi connectivity index (χ1v) is 9.97. The summed E-state index contributed by atoms with van der Waals surface area (Å²) in [7, 11) is 0. The zero-order valence-electron chi connectivity index (χ0n) is 15.5. The van der Waals surface area contributed by atoms with Crippen molar-refractivity contribution in [1.82, 2.24) is 0 Å². The van der Waals surface area contributed by atoms with Crippen LogP contribution >= 0.6 is 34.8 Å². The lowest BCUT2D eigenvalue weighted by molar-refractivity contribution is -0.225. The van der Waals surface area contributed by atoms with Gasteiger partial charge >= 0.3 is 12.0 Å². The van der Waals surface area contributed by atoms with Crippen molar-refractivity contribution in [3.05, 3.63) is 57.5 Å². The molecule has 1 heterocycles. The Bertz CT molecular complexity index is 975. The molecule has 9 nitrogen and oxygen atoms in total. The molecule has 0 aliphatic carbocycles. The molecule has 31 heavy (non-hydrogen) atoms. The smallest absolute Gasteiger partial charge is 0.335 e. The number of carbonyl (C=O) groups excluding carboxylic acids is 1. The molecular formula is C19H17Cl3N2O7. The number of aliphatic carboxylic acids is 1. The number of carboxylic acids is 1. The van der Waals surface area contributed by atoms with E-state index in [9.17, 15) is 30.0 Å². The Morgan fingerprint density at radius 1 is 0.903 bits per heavy atom. The van der Waals surface area contributed by atoms with Crippen molar-refractivity contribution in [2.24, 2.45) is 0 Å². The SMILES string of the molecule is O=C(O)[C@H]1O[C@@H](N(C(=O)Nc2ccc(Cl)c(Cl)c2)c2ccc(Cl)cc2)[C@H](O)[C@@H](O)[C@@H]1O. The van der Waals surface area contributed by atoms with Crippen LogP contribution in [-0.2, 0) is 9.53 Å². The van der Waals surface area contributed by atoms with Crippen LogP contribution in [0.25, 0.3) is 0 Å². The maximum absolute atomic E-state index is 13.1. The van der Waals surface area contributed by atoms with Crippen molar-refractivity contribution in [1.29, 1.82) is 0 Å². The first-order chi connectivity index (χ1) is 14.6. The lowest BCUT2D eigenvalue weighted by atomic mass is 9.97. The van der Waals surface area contributed by atoms with E-state index in [0.29, 0.717) is 5.02 Å². The fraction of sp³-hybridized carbons (Fsp3) is 0.263. The number of amides is 2. The number of nitrogens with zero attached hydrogens (tertiary/aromatic N) is 1. The number of ether oxygens (including phenoxy) is 1. The molecule has 1 fully saturated rings. The van der Waals surface area contributed by atoms with Gasteiger partial charge < -0.3 is 30.5 Å². The molecule has 5 N–H and O–H groups in total. The molecule has 1 saturated heterocycles. The topological polar surface area (TPSA) is 140 Å². The molecule has 2 aromatic rings. The van der Waals surface area contributed by atoms with Crippen LogP contribution in [0.3, 0.4) is 0 Å². The summed E-state index contributed by atoms with van der Waals surface area (Å²) in [6.45, 7) is 0. The number of carbonyl (C=O) groups is 2. The average molecular weight is 492 g/mol. The van der Waals surface area contributed by atoms with Crippen LogP contribution in [0, 0.1) is 0 Å². The molecule has 0 bridgehead atoms. The Balaban J connectivity index is 1.99. The van der Waals surface area contributed by atoms with Crippen molar-refractivity contribution < 1.29 is 34.8 Å². The van der Waals surface area contributed by atoms with Crippen molar-refractivity contribution in [3.63, 3.8) is 0 Å². The molecule has 1 aliphatic heterocycles. The second kappa shape index (κ2) is 9.58. The molecule has 0 radical (unpaired) electrons. The van der Waals surface area contributed by atoms with Crippen LogP contribution in [-0.4, -0.2) is 63.1 Å². The molecular weight excluding hydrogens is 475 g/mol. The Morgan fingerprint density at radius 3 is 2.13 bits per heavy atom. The number of urea groups is 1. The summed E-state index contributed by atoms with van der Waals surface area (Å²) in [4.78, 5) is 25.5. The minimum Gasteiger partial charge on any atom is -0.479 e. The second-order valence-corrected chi connectivity index (χ2v) is 7.91. The normalized spacial score (nSPS) is 25.7. The highest BCUT2D eigenvalue weighted by Crippen LogP contribution is 2.30. The number of halogens is 3. The predicted molar refractivity (Wildman–Crippen MR) is 114 cm³/mol. The maximum Gasteiger partial charge on any atom is 0.335 e. The molecule has 0 saturated carbocycles. The molecule has 2 amide bonds. The summed E-state index contributed by atoms with van der Waals surface area (Å²) in [6, 6.07) is 9.26. The van der Waals surface area contributed by atoms with Crippen LogP contribution in [0.1, 0.15) is 0 Å². The van der Waals surface area contributed by atoms with Crippen molar-refractivity contribution in [3.8, 4) is 0 Å². The zero-order valence-corrected chi connectivity index (χ0v) is 17.8. The fourth-order valence-corrected chi connectivity index (χ4v) is 3.44. The third kappa shape index (κ3) is 5.04. The number of aliphatic hydroxyl groups is 3. The van der Waals surface area contributed by atoms with E-state index in [0.717, 1.165) is 4.90 Å².